The Bertz CT molecular complexity index is 437. The lowest BCUT2D eigenvalue weighted by Gasteiger charge is -2.20. The van der Waals surface area contributed by atoms with Gasteiger partial charge in [-0.3, -0.25) is 0 Å². The minimum absolute atomic E-state index is 0.549. The monoisotopic (exact) mass is 317 g/mol. The summed E-state index contributed by atoms with van der Waals surface area (Å²) in [5.41, 5.74) is 1.06. The van der Waals surface area contributed by atoms with Crippen LogP contribution in [0.1, 0.15) is 5.56 Å². The van der Waals surface area contributed by atoms with Crippen LogP contribution in [0.4, 0.5) is 0 Å². The maximum atomic E-state index is 6.13. The molecule has 0 saturated carbocycles. The second-order valence-electron chi connectivity index (χ2n) is 3.72. The summed E-state index contributed by atoms with van der Waals surface area (Å²) in [6, 6.07) is 3.84. The van der Waals surface area contributed by atoms with Gasteiger partial charge >= 0.3 is 0 Å². The molecule has 0 aliphatic carbocycles. The summed E-state index contributed by atoms with van der Waals surface area (Å²) < 4.78 is 11.9. The molecule has 0 saturated heterocycles. The number of ether oxygens (including phenoxy) is 2. The molecule has 0 fully saturated rings. The van der Waals surface area contributed by atoms with Crippen molar-refractivity contribution in [1.29, 1.82) is 0 Å². The summed E-state index contributed by atoms with van der Waals surface area (Å²) in [5, 5.41) is 3.83. The van der Waals surface area contributed by atoms with Crippen LogP contribution in [0.2, 0.25) is 5.02 Å². The number of hydrogen-bond donors (Lipinski definition) is 1. The summed E-state index contributed by atoms with van der Waals surface area (Å²) >= 11 is 9.42. The molecule has 0 unspecified atom stereocenters. The molecular formula is C12H13BrClNO2. The molecule has 17 heavy (non-hydrogen) atoms. The Balaban J connectivity index is 2.08. The number of benzene rings is 1. The van der Waals surface area contributed by atoms with Gasteiger partial charge in [-0.1, -0.05) is 34.1 Å². The normalized spacial score (nSPS) is 13.5. The van der Waals surface area contributed by atoms with Gasteiger partial charge in [0.05, 0.1) is 5.02 Å². The average Bonchev–Trinajstić information content (AvgIpc) is 2.28. The van der Waals surface area contributed by atoms with Crippen molar-refractivity contribution in [1.82, 2.24) is 5.32 Å². The molecular weight excluding hydrogens is 305 g/mol. The summed E-state index contributed by atoms with van der Waals surface area (Å²) in [5.74, 6) is 1.37. The third-order valence-corrected chi connectivity index (χ3v) is 2.86. The highest BCUT2D eigenvalue weighted by atomic mass is 79.9. The highest BCUT2D eigenvalue weighted by molar-refractivity contribution is 9.11. The Hall–Kier alpha value is -0.710. The van der Waals surface area contributed by atoms with Gasteiger partial charge in [0.2, 0.25) is 0 Å². The van der Waals surface area contributed by atoms with Gasteiger partial charge in [-0.15, -0.1) is 0 Å². The van der Waals surface area contributed by atoms with E-state index in [1.165, 1.54) is 0 Å². The Morgan fingerprint density at radius 3 is 2.94 bits per heavy atom. The van der Waals surface area contributed by atoms with Crippen molar-refractivity contribution in [3.05, 3.63) is 33.8 Å². The second kappa shape index (κ2) is 5.76. The maximum absolute atomic E-state index is 6.13. The molecule has 1 N–H and O–H groups in total. The van der Waals surface area contributed by atoms with Crippen LogP contribution in [0.3, 0.4) is 0 Å². The molecule has 5 heteroatoms. The van der Waals surface area contributed by atoms with Crippen LogP contribution in [0.15, 0.2) is 23.2 Å². The fourth-order valence-electron chi connectivity index (χ4n) is 1.61. The van der Waals surface area contributed by atoms with Gasteiger partial charge in [0.1, 0.15) is 13.2 Å². The molecule has 1 heterocycles. The zero-order valence-corrected chi connectivity index (χ0v) is 11.6. The van der Waals surface area contributed by atoms with Crippen LogP contribution in [-0.4, -0.2) is 19.8 Å². The fourth-order valence-corrected chi connectivity index (χ4v) is 2.09. The van der Waals surface area contributed by atoms with Gasteiger partial charge in [-0.25, -0.2) is 0 Å². The summed E-state index contributed by atoms with van der Waals surface area (Å²) in [6.45, 7) is 6.30. The van der Waals surface area contributed by atoms with Crippen LogP contribution in [0.5, 0.6) is 11.5 Å². The summed E-state index contributed by atoms with van der Waals surface area (Å²) in [6.07, 6.45) is 0. The Labute approximate surface area is 114 Å². The van der Waals surface area contributed by atoms with Crippen LogP contribution in [0, 0.1) is 0 Å². The van der Waals surface area contributed by atoms with Gasteiger partial charge in [-0.2, -0.15) is 0 Å². The molecule has 1 aliphatic heterocycles. The minimum atomic E-state index is 0.549. The van der Waals surface area contributed by atoms with E-state index in [4.69, 9.17) is 21.1 Å². The van der Waals surface area contributed by atoms with Gasteiger partial charge in [0, 0.05) is 17.6 Å². The second-order valence-corrected chi connectivity index (χ2v) is 5.25. The molecule has 0 amide bonds. The number of fused-ring (bicyclic) bond motifs is 1. The van der Waals surface area contributed by atoms with E-state index in [0.717, 1.165) is 15.8 Å². The first-order valence-electron chi connectivity index (χ1n) is 5.29. The van der Waals surface area contributed by atoms with E-state index in [1.807, 2.05) is 12.1 Å². The van der Waals surface area contributed by atoms with Crippen LogP contribution in [-0.2, 0) is 6.54 Å². The fraction of sp³-hybridized carbons (Fsp3) is 0.333. The molecule has 92 valence electrons. The van der Waals surface area contributed by atoms with Crippen molar-refractivity contribution >= 4 is 27.5 Å². The Morgan fingerprint density at radius 2 is 2.18 bits per heavy atom. The zero-order valence-electron chi connectivity index (χ0n) is 9.26. The van der Waals surface area contributed by atoms with Gasteiger partial charge in [-0.05, 0) is 17.7 Å². The lowest BCUT2D eigenvalue weighted by Crippen LogP contribution is -2.17. The van der Waals surface area contributed by atoms with Crippen molar-refractivity contribution in [3.8, 4) is 11.5 Å². The van der Waals surface area contributed by atoms with E-state index in [0.29, 0.717) is 37.1 Å². The molecule has 0 radical (unpaired) electrons. The lowest BCUT2D eigenvalue weighted by atomic mass is 10.2. The van der Waals surface area contributed by atoms with Crippen molar-refractivity contribution in [3.63, 3.8) is 0 Å². The van der Waals surface area contributed by atoms with Crippen molar-refractivity contribution in [2.24, 2.45) is 0 Å². The molecule has 0 atom stereocenters. The van der Waals surface area contributed by atoms with E-state index >= 15 is 0 Å². The number of halogens is 2. The standard InChI is InChI=1S/C12H13BrClNO2/c1-8(13)6-15-7-9-4-10(14)12-11(5-9)16-2-3-17-12/h4-5,15H,1-3,6-7H2. The first-order valence-corrected chi connectivity index (χ1v) is 6.46. The summed E-state index contributed by atoms with van der Waals surface area (Å²) in [7, 11) is 0. The number of rotatable bonds is 4. The molecule has 3 nitrogen and oxygen atoms in total. The van der Waals surface area contributed by atoms with Gasteiger partial charge in [0.15, 0.2) is 11.5 Å². The largest absolute Gasteiger partial charge is 0.486 e. The quantitative estimate of drug-likeness (QED) is 0.925. The first-order chi connectivity index (χ1) is 8.16. The molecule has 1 aromatic rings. The SMILES string of the molecule is C=C(Br)CNCc1cc(Cl)c2c(c1)OCCO2. The van der Waals surface area contributed by atoms with E-state index < -0.39 is 0 Å². The topological polar surface area (TPSA) is 30.5 Å². The lowest BCUT2D eigenvalue weighted by molar-refractivity contribution is 0.171. The van der Waals surface area contributed by atoms with Crippen molar-refractivity contribution in [2.75, 3.05) is 19.8 Å². The molecule has 2 rings (SSSR count). The van der Waals surface area contributed by atoms with E-state index in [2.05, 4.69) is 27.8 Å². The molecule has 0 bridgehead atoms. The highest BCUT2D eigenvalue weighted by Gasteiger charge is 2.16. The average molecular weight is 319 g/mol. The van der Waals surface area contributed by atoms with E-state index in [9.17, 15) is 0 Å². The van der Waals surface area contributed by atoms with Crippen molar-refractivity contribution < 1.29 is 9.47 Å². The first kappa shape index (κ1) is 12.7. The molecule has 0 aromatic heterocycles. The highest BCUT2D eigenvalue weighted by Crippen LogP contribution is 2.38. The molecule has 0 spiro atoms. The molecule has 1 aliphatic rings. The Kier molecular flexibility index (Phi) is 4.31. The Morgan fingerprint density at radius 1 is 1.41 bits per heavy atom. The molecule has 1 aromatic carbocycles. The van der Waals surface area contributed by atoms with Crippen LogP contribution in [0.25, 0.3) is 0 Å². The van der Waals surface area contributed by atoms with Crippen LogP contribution >= 0.6 is 27.5 Å². The van der Waals surface area contributed by atoms with Crippen molar-refractivity contribution in [2.45, 2.75) is 6.54 Å². The predicted molar refractivity (Wildman–Crippen MR) is 72.2 cm³/mol. The maximum Gasteiger partial charge on any atom is 0.179 e. The van der Waals surface area contributed by atoms with E-state index in [-0.39, 0.29) is 0 Å². The number of hydrogen-bond acceptors (Lipinski definition) is 3. The zero-order chi connectivity index (χ0) is 12.3. The predicted octanol–water partition coefficient (Wildman–Crippen LogP) is 3.11. The van der Waals surface area contributed by atoms with Crippen LogP contribution < -0.4 is 14.8 Å². The third-order valence-electron chi connectivity index (χ3n) is 2.30. The van der Waals surface area contributed by atoms with Gasteiger partial charge < -0.3 is 14.8 Å². The minimum Gasteiger partial charge on any atom is -0.486 e. The number of nitrogens with one attached hydrogen (secondary N) is 1. The van der Waals surface area contributed by atoms with E-state index in [1.54, 1.807) is 0 Å². The smallest absolute Gasteiger partial charge is 0.179 e. The summed E-state index contributed by atoms with van der Waals surface area (Å²) in [4.78, 5) is 0. The third kappa shape index (κ3) is 3.37. The van der Waals surface area contributed by atoms with Gasteiger partial charge in [0.25, 0.3) is 0 Å².